The topological polar surface area (TPSA) is 56.5 Å². The third kappa shape index (κ3) is 4.31. The first-order chi connectivity index (χ1) is 10.3. The van der Waals surface area contributed by atoms with Gasteiger partial charge in [-0.15, -0.1) is 0 Å². The third-order valence-electron chi connectivity index (χ3n) is 3.32. The maximum Gasteiger partial charge on any atom is 0.162 e. The molecule has 5 heteroatoms. The van der Waals surface area contributed by atoms with Gasteiger partial charge < -0.3 is 19.3 Å². The van der Waals surface area contributed by atoms with E-state index in [0.717, 1.165) is 17.9 Å². The molecule has 1 N–H and O–H groups in total. The lowest BCUT2D eigenvalue weighted by Gasteiger charge is -2.14. The number of hydrogen-bond acceptors (Lipinski definition) is 5. The smallest absolute Gasteiger partial charge is 0.162 e. The van der Waals surface area contributed by atoms with E-state index in [-0.39, 0.29) is 0 Å². The van der Waals surface area contributed by atoms with Gasteiger partial charge in [0, 0.05) is 19.2 Å². The molecule has 1 atom stereocenters. The zero-order chi connectivity index (χ0) is 15.1. The maximum absolute atomic E-state index is 5.70. The summed E-state index contributed by atoms with van der Waals surface area (Å²) < 4.78 is 15.8. The first kappa shape index (κ1) is 15.5. The Bertz CT molecular complexity index is 533. The lowest BCUT2D eigenvalue weighted by Crippen LogP contribution is -2.14. The van der Waals surface area contributed by atoms with Gasteiger partial charge >= 0.3 is 0 Å². The van der Waals surface area contributed by atoms with Gasteiger partial charge in [0.05, 0.1) is 0 Å². The average Bonchev–Trinajstić information content (AvgIpc) is 2.96. The van der Waals surface area contributed by atoms with Gasteiger partial charge in [-0.05, 0) is 31.2 Å². The van der Waals surface area contributed by atoms with Gasteiger partial charge in [0.1, 0.15) is 24.7 Å². The van der Waals surface area contributed by atoms with Crippen LogP contribution in [0.25, 0.3) is 0 Å². The van der Waals surface area contributed by atoms with Crippen LogP contribution in [0.5, 0.6) is 5.75 Å². The first-order valence-electron chi connectivity index (χ1n) is 7.10. The molecule has 0 aliphatic rings. The van der Waals surface area contributed by atoms with Crippen LogP contribution in [0.15, 0.2) is 34.9 Å². The molecule has 0 aliphatic heterocycles. The van der Waals surface area contributed by atoms with Crippen molar-refractivity contribution < 1.29 is 14.0 Å². The molecule has 0 saturated heterocycles. The van der Waals surface area contributed by atoms with E-state index in [1.807, 2.05) is 25.2 Å². The molecular formula is C16H22N2O3. The van der Waals surface area contributed by atoms with Gasteiger partial charge in [-0.2, -0.15) is 0 Å². The highest BCUT2D eigenvalue weighted by atomic mass is 16.5. The summed E-state index contributed by atoms with van der Waals surface area (Å²) in [5, 5.41) is 7.22. The molecule has 0 spiro atoms. The Morgan fingerprint density at radius 1 is 1.24 bits per heavy atom. The minimum absolute atomic E-state index is 0.381. The number of methoxy groups -OCH3 is 1. The average molecular weight is 290 g/mol. The summed E-state index contributed by atoms with van der Waals surface area (Å²) in [4.78, 5) is 0. The normalized spacial score (nSPS) is 12.3. The molecule has 21 heavy (non-hydrogen) atoms. The quantitative estimate of drug-likeness (QED) is 0.809. The number of hydrogen-bond donors (Lipinski definition) is 1. The van der Waals surface area contributed by atoms with E-state index < -0.39 is 0 Å². The Hall–Kier alpha value is -1.85. The largest absolute Gasteiger partial charge is 0.487 e. The van der Waals surface area contributed by atoms with E-state index in [4.69, 9.17) is 14.0 Å². The monoisotopic (exact) mass is 290 g/mol. The van der Waals surface area contributed by atoms with Crippen molar-refractivity contribution in [2.45, 2.75) is 32.6 Å². The van der Waals surface area contributed by atoms with Gasteiger partial charge in [0.25, 0.3) is 0 Å². The maximum atomic E-state index is 5.70. The van der Waals surface area contributed by atoms with Gasteiger partial charge in [0.15, 0.2) is 5.76 Å². The number of rotatable bonds is 8. The van der Waals surface area contributed by atoms with Crippen molar-refractivity contribution >= 4 is 0 Å². The molecule has 0 amide bonds. The van der Waals surface area contributed by atoms with Crippen LogP contribution in [0.3, 0.4) is 0 Å². The van der Waals surface area contributed by atoms with Crippen LogP contribution in [0.1, 0.15) is 36.4 Å². The Balaban J connectivity index is 1.90. The Morgan fingerprint density at radius 3 is 2.62 bits per heavy atom. The summed E-state index contributed by atoms with van der Waals surface area (Å²) in [7, 11) is 3.59. The van der Waals surface area contributed by atoms with Gasteiger partial charge in [0.2, 0.25) is 0 Å². The molecule has 5 nitrogen and oxygen atoms in total. The van der Waals surface area contributed by atoms with Crippen molar-refractivity contribution in [1.82, 2.24) is 10.5 Å². The molecule has 1 aromatic heterocycles. The molecule has 0 radical (unpaired) electrons. The zero-order valence-electron chi connectivity index (χ0n) is 12.8. The van der Waals surface area contributed by atoms with Crippen molar-refractivity contribution in [3.8, 4) is 5.75 Å². The Morgan fingerprint density at radius 2 is 2.00 bits per heavy atom. The van der Waals surface area contributed by atoms with Crippen molar-refractivity contribution in [3.05, 3.63) is 47.3 Å². The lowest BCUT2D eigenvalue weighted by molar-refractivity contribution is 0.155. The lowest BCUT2D eigenvalue weighted by atomic mass is 10.1. The van der Waals surface area contributed by atoms with E-state index >= 15 is 0 Å². The van der Waals surface area contributed by atoms with Crippen LogP contribution in [0.4, 0.5) is 0 Å². The van der Waals surface area contributed by atoms with Gasteiger partial charge in [-0.25, -0.2) is 0 Å². The molecule has 0 bridgehead atoms. The molecule has 2 rings (SSSR count). The molecule has 114 valence electrons. The standard InChI is InChI=1S/C16H22N2O3/c1-4-16(17-2)12-5-7-14(8-6-12)20-10-13-9-15(11-19-3)21-18-13/h5-9,16-17H,4,10-11H2,1-3H3. The van der Waals surface area contributed by atoms with Crippen LogP contribution in [-0.2, 0) is 18.0 Å². The molecule has 1 unspecified atom stereocenters. The summed E-state index contributed by atoms with van der Waals surface area (Å²) in [6.45, 7) is 2.97. The number of ether oxygens (including phenoxy) is 2. The summed E-state index contributed by atoms with van der Waals surface area (Å²) in [6.07, 6.45) is 1.05. The second-order valence-corrected chi connectivity index (χ2v) is 4.82. The molecule has 0 saturated carbocycles. The second-order valence-electron chi connectivity index (χ2n) is 4.82. The van der Waals surface area contributed by atoms with Crippen molar-refractivity contribution in [3.63, 3.8) is 0 Å². The third-order valence-corrected chi connectivity index (χ3v) is 3.32. The Labute approximate surface area is 125 Å². The van der Waals surface area contributed by atoms with E-state index in [2.05, 4.69) is 29.5 Å². The predicted molar refractivity (Wildman–Crippen MR) is 80.1 cm³/mol. The summed E-state index contributed by atoms with van der Waals surface area (Å²) >= 11 is 0. The summed E-state index contributed by atoms with van der Waals surface area (Å²) in [5.41, 5.74) is 2.02. The number of nitrogens with zero attached hydrogens (tertiary/aromatic N) is 1. The zero-order valence-corrected chi connectivity index (χ0v) is 12.8. The SMILES string of the molecule is CCC(NC)c1ccc(OCc2cc(COC)on2)cc1. The van der Waals surface area contributed by atoms with Crippen LogP contribution in [-0.4, -0.2) is 19.3 Å². The molecule has 1 heterocycles. The van der Waals surface area contributed by atoms with E-state index in [0.29, 0.717) is 25.0 Å². The van der Waals surface area contributed by atoms with Gasteiger partial charge in [-0.1, -0.05) is 24.2 Å². The highest BCUT2D eigenvalue weighted by Crippen LogP contribution is 2.20. The molecule has 1 aromatic carbocycles. The van der Waals surface area contributed by atoms with Crippen molar-refractivity contribution in [1.29, 1.82) is 0 Å². The summed E-state index contributed by atoms with van der Waals surface area (Å²) in [6, 6.07) is 10.3. The molecular weight excluding hydrogens is 268 g/mol. The van der Waals surface area contributed by atoms with Crippen LogP contribution in [0, 0.1) is 0 Å². The first-order valence-corrected chi connectivity index (χ1v) is 7.10. The van der Waals surface area contributed by atoms with E-state index in [1.54, 1.807) is 7.11 Å². The minimum Gasteiger partial charge on any atom is -0.487 e. The van der Waals surface area contributed by atoms with Crippen molar-refractivity contribution in [2.75, 3.05) is 14.2 Å². The minimum atomic E-state index is 0.381. The highest BCUT2D eigenvalue weighted by Gasteiger charge is 2.07. The number of benzene rings is 1. The predicted octanol–water partition coefficient (Wildman–Crippen LogP) is 3.07. The van der Waals surface area contributed by atoms with Gasteiger partial charge in [-0.3, -0.25) is 0 Å². The fourth-order valence-corrected chi connectivity index (χ4v) is 2.19. The van der Waals surface area contributed by atoms with Crippen LogP contribution in [0.2, 0.25) is 0 Å². The van der Waals surface area contributed by atoms with Crippen molar-refractivity contribution in [2.24, 2.45) is 0 Å². The fraction of sp³-hybridized carbons (Fsp3) is 0.438. The summed E-state index contributed by atoms with van der Waals surface area (Å²) in [5.74, 6) is 1.52. The Kier molecular flexibility index (Phi) is 5.78. The fourth-order valence-electron chi connectivity index (χ4n) is 2.19. The highest BCUT2D eigenvalue weighted by molar-refractivity contribution is 5.29. The molecule has 0 fully saturated rings. The number of aromatic nitrogens is 1. The second kappa shape index (κ2) is 7.81. The number of nitrogens with one attached hydrogen (secondary N) is 1. The van der Waals surface area contributed by atoms with Crippen LogP contribution < -0.4 is 10.1 Å². The van der Waals surface area contributed by atoms with E-state index in [9.17, 15) is 0 Å². The van der Waals surface area contributed by atoms with Crippen LogP contribution >= 0.6 is 0 Å². The molecule has 2 aromatic rings. The molecule has 0 aliphatic carbocycles. The van der Waals surface area contributed by atoms with E-state index in [1.165, 1.54) is 5.56 Å².